The van der Waals surface area contributed by atoms with E-state index in [1.807, 2.05) is 24.3 Å². The zero-order valence-corrected chi connectivity index (χ0v) is 15.4. The van der Waals surface area contributed by atoms with Gasteiger partial charge < -0.3 is 10.1 Å². The van der Waals surface area contributed by atoms with Crippen molar-refractivity contribution in [2.45, 2.75) is 32.6 Å². The number of hydrogen-bond donors (Lipinski definition) is 1. The van der Waals surface area contributed by atoms with Crippen LogP contribution in [-0.2, 0) is 11.8 Å². The molecule has 2 rings (SSSR count). The van der Waals surface area contributed by atoms with Crippen LogP contribution in [0.4, 0.5) is 0 Å². The van der Waals surface area contributed by atoms with E-state index in [0.29, 0.717) is 0 Å². The lowest BCUT2D eigenvalue weighted by atomic mass is 9.86. The summed E-state index contributed by atoms with van der Waals surface area (Å²) in [5.41, 5.74) is 5.07. The molecule has 1 N–H and O–H groups in total. The highest BCUT2D eigenvalue weighted by Gasteiger charge is 2.12. The van der Waals surface area contributed by atoms with E-state index < -0.39 is 0 Å². The van der Waals surface area contributed by atoms with Gasteiger partial charge in [-0.05, 0) is 41.1 Å². The summed E-state index contributed by atoms with van der Waals surface area (Å²) >= 11 is 0. The molecular weight excluding hydrogens is 294 g/mol. The van der Waals surface area contributed by atoms with Crippen molar-refractivity contribution < 1.29 is 4.74 Å². The first kappa shape index (κ1) is 18.3. The second kappa shape index (κ2) is 8.16. The summed E-state index contributed by atoms with van der Waals surface area (Å²) in [5, 5.41) is 3.47. The fourth-order valence-electron chi connectivity index (χ4n) is 2.68. The molecule has 0 radical (unpaired) electrons. The highest BCUT2D eigenvalue weighted by Crippen LogP contribution is 2.24. The minimum atomic E-state index is 0.212. The maximum Gasteiger partial charge on any atom is 0.126 e. The number of rotatable bonds is 7. The van der Waals surface area contributed by atoms with Gasteiger partial charge in [-0.25, -0.2) is 0 Å². The summed E-state index contributed by atoms with van der Waals surface area (Å²) in [6, 6.07) is 17.0. The van der Waals surface area contributed by atoms with Gasteiger partial charge in [0.25, 0.3) is 0 Å². The Morgan fingerprint density at radius 3 is 2.33 bits per heavy atom. The molecule has 0 spiro atoms. The lowest BCUT2D eigenvalue weighted by molar-refractivity contribution is 0.413. The van der Waals surface area contributed by atoms with Crippen LogP contribution >= 0.6 is 0 Å². The van der Waals surface area contributed by atoms with Crippen molar-refractivity contribution in [2.24, 2.45) is 0 Å². The first-order chi connectivity index (χ1) is 11.4. The molecule has 0 saturated carbocycles. The van der Waals surface area contributed by atoms with Gasteiger partial charge in [-0.2, -0.15) is 0 Å². The molecule has 0 aliphatic heterocycles. The maximum atomic E-state index is 5.39. The lowest BCUT2D eigenvalue weighted by Crippen LogP contribution is -2.19. The van der Waals surface area contributed by atoms with Gasteiger partial charge in [0.2, 0.25) is 0 Å². The Hall–Kier alpha value is -2.06. The van der Waals surface area contributed by atoms with Crippen LogP contribution in [0.5, 0.6) is 5.75 Å². The van der Waals surface area contributed by atoms with E-state index in [0.717, 1.165) is 36.4 Å². The molecule has 0 bridgehead atoms. The Balaban J connectivity index is 1.81. The largest absolute Gasteiger partial charge is 0.496 e. The highest BCUT2D eigenvalue weighted by molar-refractivity contribution is 5.69. The van der Waals surface area contributed by atoms with Gasteiger partial charge in [-0.15, -0.1) is 0 Å². The monoisotopic (exact) mass is 323 g/mol. The van der Waals surface area contributed by atoms with E-state index >= 15 is 0 Å². The van der Waals surface area contributed by atoms with Crippen LogP contribution in [0.2, 0.25) is 0 Å². The highest BCUT2D eigenvalue weighted by atomic mass is 16.5. The predicted molar refractivity (Wildman–Crippen MR) is 104 cm³/mol. The normalized spacial score (nSPS) is 11.3. The van der Waals surface area contributed by atoms with Gasteiger partial charge in [0.1, 0.15) is 5.75 Å². The fraction of sp³-hybridized carbons (Fsp3) is 0.364. The minimum Gasteiger partial charge on any atom is -0.496 e. The second-order valence-corrected chi connectivity index (χ2v) is 7.18. The predicted octanol–water partition coefficient (Wildman–Crippen LogP) is 4.84. The van der Waals surface area contributed by atoms with E-state index in [1.165, 1.54) is 11.1 Å². The van der Waals surface area contributed by atoms with E-state index in [4.69, 9.17) is 4.74 Å². The summed E-state index contributed by atoms with van der Waals surface area (Å²) in [4.78, 5) is 0. The molecule has 2 aromatic carbocycles. The average molecular weight is 323 g/mol. The Morgan fingerprint density at radius 1 is 1.04 bits per heavy atom. The molecule has 0 heterocycles. The molecule has 0 aromatic heterocycles. The first-order valence-electron chi connectivity index (χ1n) is 8.53. The van der Waals surface area contributed by atoms with Crippen LogP contribution in [0.15, 0.2) is 55.1 Å². The standard InChI is InChI=1S/C22H29NO/c1-17(20-8-6-7-9-21(20)24-5)16-23-15-14-18-10-12-19(13-11-18)22(2,3)4/h6-13,23H,1,14-16H2,2-5H3. The van der Waals surface area contributed by atoms with Gasteiger partial charge >= 0.3 is 0 Å². The van der Waals surface area contributed by atoms with Gasteiger partial charge in [0.05, 0.1) is 7.11 Å². The van der Waals surface area contributed by atoms with Gasteiger partial charge in [0, 0.05) is 12.1 Å². The molecule has 0 atom stereocenters. The van der Waals surface area contributed by atoms with Crippen molar-refractivity contribution >= 4 is 5.57 Å². The number of ether oxygens (including phenoxy) is 1. The molecule has 0 amide bonds. The molecule has 128 valence electrons. The SMILES string of the molecule is C=C(CNCCc1ccc(C(C)(C)C)cc1)c1ccccc1OC. The summed E-state index contributed by atoms with van der Waals surface area (Å²) in [6.07, 6.45) is 1.02. The van der Waals surface area contributed by atoms with Crippen molar-refractivity contribution in [3.8, 4) is 5.75 Å². The van der Waals surface area contributed by atoms with Crippen LogP contribution in [0.3, 0.4) is 0 Å². The molecule has 0 aliphatic rings. The first-order valence-corrected chi connectivity index (χ1v) is 8.53. The number of benzene rings is 2. The third kappa shape index (κ3) is 4.97. The molecule has 0 saturated heterocycles. The zero-order valence-electron chi connectivity index (χ0n) is 15.4. The fourth-order valence-corrected chi connectivity index (χ4v) is 2.68. The van der Waals surface area contributed by atoms with E-state index in [2.05, 4.69) is 56.9 Å². The lowest BCUT2D eigenvalue weighted by Gasteiger charge is -2.19. The molecule has 2 aromatic rings. The molecule has 24 heavy (non-hydrogen) atoms. The molecule has 2 heteroatoms. The quantitative estimate of drug-likeness (QED) is 0.736. The Kier molecular flexibility index (Phi) is 6.22. The van der Waals surface area contributed by atoms with Gasteiger partial charge in [0.15, 0.2) is 0 Å². The van der Waals surface area contributed by atoms with E-state index in [-0.39, 0.29) is 5.41 Å². The third-order valence-corrected chi connectivity index (χ3v) is 4.24. The van der Waals surface area contributed by atoms with E-state index in [1.54, 1.807) is 7.11 Å². The Bertz CT molecular complexity index is 665. The molecule has 0 aliphatic carbocycles. The van der Waals surface area contributed by atoms with Crippen molar-refractivity contribution in [1.29, 1.82) is 0 Å². The van der Waals surface area contributed by atoms with Gasteiger partial charge in [-0.1, -0.05) is 69.8 Å². The molecule has 0 unspecified atom stereocenters. The summed E-state index contributed by atoms with van der Waals surface area (Å²) in [7, 11) is 1.70. The molecular formula is C22H29NO. The summed E-state index contributed by atoms with van der Waals surface area (Å²) < 4.78 is 5.39. The van der Waals surface area contributed by atoms with Crippen molar-refractivity contribution in [1.82, 2.24) is 5.32 Å². The van der Waals surface area contributed by atoms with Crippen LogP contribution in [-0.4, -0.2) is 20.2 Å². The van der Waals surface area contributed by atoms with Crippen LogP contribution in [0.1, 0.15) is 37.5 Å². The number of methoxy groups -OCH3 is 1. The van der Waals surface area contributed by atoms with Crippen molar-refractivity contribution in [3.63, 3.8) is 0 Å². The zero-order chi connectivity index (χ0) is 17.6. The topological polar surface area (TPSA) is 21.3 Å². The second-order valence-electron chi connectivity index (χ2n) is 7.18. The van der Waals surface area contributed by atoms with E-state index in [9.17, 15) is 0 Å². The number of hydrogen-bond acceptors (Lipinski definition) is 2. The van der Waals surface area contributed by atoms with Crippen molar-refractivity contribution in [2.75, 3.05) is 20.2 Å². The molecule has 0 fully saturated rings. The average Bonchev–Trinajstić information content (AvgIpc) is 2.58. The van der Waals surface area contributed by atoms with Crippen LogP contribution in [0.25, 0.3) is 5.57 Å². The summed E-state index contributed by atoms with van der Waals surface area (Å²) in [5.74, 6) is 0.877. The van der Waals surface area contributed by atoms with Crippen LogP contribution in [0, 0.1) is 0 Å². The Morgan fingerprint density at radius 2 is 1.71 bits per heavy atom. The number of para-hydroxylation sites is 1. The minimum absolute atomic E-state index is 0.212. The van der Waals surface area contributed by atoms with Crippen molar-refractivity contribution in [3.05, 3.63) is 71.8 Å². The summed E-state index contributed by atoms with van der Waals surface area (Å²) in [6.45, 7) is 12.6. The smallest absolute Gasteiger partial charge is 0.126 e. The molecule has 2 nitrogen and oxygen atoms in total. The van der Waals surface area contributed by atoms with Gasteiger partial charge in [-0.3, -0.25) is 0 Å². The third-order valence-electron chi connectivity index (χ3n) is 4.24. The maximum absolute atomic E-state index is 5.39. The number of nitrogens with one attached hydrogen (secondary N) is 1. The van der Waals surface area contributed by atoms with Crippen LogP contribution < -0.4 is 10.1 Å². The Labute approximate surface area is 146 Å².